The Balaban J connectivity index is 5.15. The van der Waals surface area contributed by atoms with Gasteiger partial charge >= 0.3 is 0 Å². The van der Waals surface area contributed by atoms with E-state index < -0.39 is 15.2 Å². The van der Waals surface area contributed by atoms with Crippen molar-refractivity contribution in [2.75, 3.05) is 0 Å². The number of hydrogen-bond acceptors (Lipinski definition) is 0. The van der Waals surface area contributed by atoms with Crippen molar-refractivity contribution in [2.24, 2.45) is 0 Å². The molecule has 2 heteroatoms. The highest BCUT2D eigenvalue weighted by Crippen LogP contribution is 2.39. The van der Waals surface area contributed by atoms with E-state index in [2.05, 4.69) is 40.8 Å². The summed E-state index contributed by atoms with van der Waals surface area (Å²) in [7, 11) is -2.30. The van der Waals surface area contributed by atoms with Crippen molar-refractivity contribution >= 4 is 15.2 Å². The molecule has 0 atom stereocenters. The van der Waals surface area contributed by atoms with Gasteiger partial charge in [0.15, 0.2) is 0 Å². The van der Waals surface area contributed by atoms with Gasteiger partial charge in [0.05, 0.1) is 0 Å². The summed E-state index contributed by atoms with van der Waals surface area (Å²) >= 11 is 0. The second kappa shape index (κ2) is 25.7. The molecule has 0 unspecified atom stereocenters. The van der Waals surface area contributed by atoms with Crippen LogP contribution in [0.2, 0.25) is 37.3 Å². The predicted molar refractivity (Wildman–Crippen MR) is 176 cm³/mol. The first-order chi connectivity index (χ1) is 17.5. The topological polar surface area (TPSA) is 0 Å². The zero-order valence-electron chi connectivity index (χ0n) is 26.8. The monoisotopic (exact) mass is 539 g/mol. The Morgan fingerprint density at radius 2 is 0.417 bits per heavy atom. The molecule has 218 valence electrons. The van der Waals surface area contributed by atoms with Gasteiger partial charge in [-0.2, -0.15) is 0 Å². The van der Waals surface area contributed by atoms with Gasteiger partial charge in [0.25, 0.3) is 0 Å². The Kier molecular flexibility index (Phi) is 26.0. The zero-order valence-corrected chi connectivity index (χ0v) is 28.8. The second-order valence-electron chi connectivity index (χ2n) is 13.2. The summed E-state index contributed by atoms with van der Waals surface area (Å²) in [5, 5.41) is 0. The summed E-state index contributed by atoms with van der Waals surface area (Å²) in [6.07, 6.45) is 35.6. The van der Waals surface area contributed by atoms with E-state index in [1.807, 2.05) is 0 Å². The fourth-order valence-electron chi connectivity index (χ4n) is 6.64. The fourth-order valence-corrected chi connectivity index (χ4v) is 23.0. The van der Waals surface area contributed by atoms with E-state index in [-0.39, 0.29) is 0 Å². The molecule has 0 aromatic rings. The van der Waals surface area contributed by atoms with Crippen LogP contribution in [0.5, 0.6) is 0 Å². The Morgan fingerprint density at radius 3 is 0.611 bits per heavy atom. The van der Waals surface area contributed by atoms with Crippen molar-refractivity contribution in [3.63, 3.8) is 0 Å². The lowest BCUT2D eigenvalue weighted by Crippen LogP contribution is -2.58. The largest absolute Gasteiger partial charge is 0.0711 e. The molecule has 0 saturated carbocycles. The number of rotatable bonds is 29. The molecule has 0 aliphatic rings. The van der Waals surface area contributed by atoms with Crippen molar-refractivity contribution in [2.45, 2.75) is 219 Å². The lowest BCUT2D eigenvalue weighted by molar-refractivity contribution is 0.612. The molecule has 0 spiro atoms. The van der Waals surface area contributed by atoms with Crippen LogP contribution < -0.4 is 0 Å². The van der Waals surface area contributed by atoms with E-state index >= 15 is 0 Å². The van der Waals surface area contributed by atoms with Gasteiger partial charge in [-0.15, -0.1) is 0 Å². The van der Waals surface area contributed by atoms with Crippen molar-refractivity contribution in [3.05, 3.63) is 0 Å². The Morgan fingerprint density at radius 1 is 0.250 bits per heavy atom. The molecule has 0 radical (unpaired) electrons. The Bertz CT molecular complexity index is 361. The highest BCUT2D eigenvalue weighted by Gasteiger charge is 2.45. The minimum absolute atomic E-state index is 1.15. The molecule has 0 aliphatic carbocycles. The molecule has 0 heterocycles. The molecular formula is C34H74Si2. The molecular weight excluding hydrogens is 465 g/mol. The van der Waals surface area contributed by atoms with E-state index in [1.54, 1.807) is 49.9 Å². The normalized spacial score (nSPS) is 12.5. The maximum Gasteiger partial charge on any atom is 0.0446 e. The van der Waals surface area contributed by atoms with E-state index in [0.717, 1.165) is 0 Å². The maximum absolute atomic E-state index is 2.95. The van der Waals surface area contributed by atoms with Crippen LogP contribution in [0.25, 0.3) is 0 Å². The average Bonchev–Trinajstić information content (AvgIpc) is 2.87. The standard InChI is InChI=1S/C34H74Si2/c1-7-11-15-19-23-27-31-35(5,32-28-24-20-16-12-8-2)36(6,33-29-25-21-17-13-9-3)34-30-26-22-18-14-10-4/h7-34H2,1-6H3. The zero-order chi connectivity index (χ0) is 26.8. The van der Waals surface area contributed by atoms with Crippen LogP contribution in [0, 0.1) is 0 Å². The summed E-state index contributed by atoms with van der Waals surface area (Å²) in [5.74, 6) is 0. The van der Waals surface area contributed by atoms with Gasteiger partial charge in [-0.1, -0.05) is 219 Å². The lowest BCUT2D eigenvalue weighted by Gasteiger charge is -2.45. The summed E-state index contributed by atoms with van der Waals surface area (Å²) in [4.78, 5) is 0. The summed E-state index contributed by atoms with van der Waals surface area (Å²) in [5.41, 5.74) is 0. The quantitative estimate of drug-likeness (QED) is 0.0656. The van der Waals surface area contributed by atoms with Crippen LogP contribution in [-0.4, -0.2) is 15.2 Å². The van der Waals surface area contributed by atoms with Gasteiger partial charge in [0, 0.05) is 15.2 Å². The number of unbranched alkanes of at least 4 members (excludes halogenated alkanes) is 20. The first-order valence-corrected chi connectivity index (χ1v) is 24.3. The molecule has 36 heavy (non-hydrogen) atoms. The third kappa shape index (κ3) is 18.6. The van der Waals surface area contributed by atoms with Crippen molar-refractivity contribution in [3.8, 4) is 0 Å². The molecule has 0 aromatic carbocycles. The molecule has 0 aliphatic heterocycles. The minimum atomic E-state index is -1.15. The molecule has 0 aromatic heterocycles. The lowest BCUT2D eigenvalue weighted by atomic mass is 10.1. The van der Waals surface area contributed by atoms with E-state index in [0.29, 0.717) is 0 Å². The van der Waals surface area contributed by atoms with Crippen LogP contribution in [0.4, 0.5) is 0 Å². The third-order valence-electron chi connectivity index (χ3n) is 9.79. The molecule has 0 amide bonds. The Hall–Kier alpha value is 0.434. The van der Waals surface area contributed by atoms with Gasteiger partial charge < -0.3 is 0 Å². The van der Waals surface area contributed by atoms with Gasteiger partial charge in [-0.3, -0.25) is 0 Å². The maximum atomic E-state index is 2.95. The van der Waals surface area contributed by atoms with Gasteiger partial charge in [0.2, 0.25) is 0 Å². The molecule has 0 nitrogen and oxygen atoms in total. The molecule has 0 bridgehead atoms. The number of hydrogen-bond donors (Lipinski definition) is 0. The van der Waals surface area contributed by atoms with Gasteiger partial charge in [-0.25, -0.2) is 0 Å². The SMILES string of the molecule is CCCCCCCC[Si](C)(CCCCCCCC)[Si](C)(CCCCCCCC)CCCCCCCC. The summed E-state index contributed by atoms with van der Waals surface area (Å²) in [6, 6.07) is 6.73. The minimum Gasteiger partial charge on any atom is -0.0711 e. The molecule has 0 fully saturated rings. The highest BCUT2D eigenvalue weighted by atomic mass is 29.3. The van der Waals surface area contributed by atoms with Crippen LogP contribution in [0.15, 0.2) is 0 Å². The van der Waals surface area contributed by atoms with Crippen molar-refractivity contribution in [1.82, 2.24) is 0 Å². The van der Waals surface area contributed by atoms with E-state index in [9.17, 15) is 0 Å². The first kappa shape index (κ1) is 36.4. The predicted octanol–water partition coefficient (Wildman–Crippen LogP) is 13.7. The first-order valence-electron chi connectivity index (χ1n) is 17.5. The highest BCUT2D eigenvalue weighted by molar-refractivity contribution is 7.41. The molecule has 0 rings (SSSR count). The smallest absolute Gasteiger partial charge is 0.0446 e. The van der Waals surface area contributed by atoms with Crippen LogP contribution in [0.1, 0.15) is 182 Å². The molecule has 0 saturated heterocycles. The summed E-state index contributed by atoms with van der Waals surface area (Å²) in [6.45, 7) is 15.3. The van der Waals surface area contributed by atoms with Gasteiger partial charge in [0.1, 0.15) is 0 Å². The Labute approximate surface area is 233 Å². The van der Waals surface area contributed by atoms with Crippen LogP contribution in [-0.2, 0) is 0 Å². The fraction of sp³-hybridized carbons (Fsp3) is 1.00. The second-order valence-corrected chi connectivity index (χ2v) is 28.7. The summed E-state index contributed by atoms with van der Waals surface area (Å²) < 4.78 is 0. The van der Waals surface area contributed by atoms with Gasteiger partial charge in [-0.05, 0) is 0 Å². The third-order valence-corrected chi connectivity index (χ3v) is 30.3. The van der Waals surface area contributed by atoms with E-state index in [4.69, 9.17) is 0 Å². The van der Waals surface area contributed by atoms with Crippen LogP contribution >= 0.6 is 0 Å². The van der Waals surface area contributed by atoms with Crippen molar-refractivity contribution in [1.29, 1.82) is 0 Å². The van der Waals surface area contributed by atoms with E-state index in [1.165, 1.54) is 128 Å². The van der Waals surface area contributed by atoms with Crippen molar-refractivity contribution < 1.29 is 0 Å². The average molecular weight is 539 g/mol. The molecule has 0 N–H and O–H groups in total. The van der Waals surface area contributed by atoms with Crippen LogP contribution in [0.3, 0.4) is 0 Å².